The molecule has 1 unspecified atom stereocenters. The van der Waals surface area contributed by atoms with Crippen LogP contribution >= 0.6 is 11.6 Å². The second-order valence-corrected chi connectivity index (χ2v) is 4.96. The Bertz CT molecular complexity index is 560. The summed E-state index contributed by atoms with van der Waals surface area (Å²) in [6.45, 7) is 2.04. The molecule has 1 atom stereocenters. The zero-order valence-corrected chi connectivity index (χ0v) is 11.8. The normalized spacial score (nSPS) is 12.7. The highest BCUT2D eigenvalue weighted by molar-refractivity contribution is 6.31. The average Bonchev–Trinajstić information content (AvgIpc) is 2.70. The summed E-state index contributed by atoms with van der Waals surface area (Å²) in [5.41, 5.74) is 8.43. The first-order valence-electron chi connectivity index (χ1n) is 6.24. The summed E-state index contributed by atoms with van der Waals surface area (Å²) in [6.07, 6.45) is 1.37. The smallest absolute Gasteiger partial charge is 0.129 e. The van der Waals surface area contributed by atoms with Gasteiger partial charge in [-0.15, -0.1) is 0 Å². The van der Waals surface area contributed by atoms with Gasteiger partial charge in [-0.25, -0.2) is 4.39 Å². The van der Waals surface area contributed by atoms with Gasteiger partial charge in [0.1, 0.15) is 5.82 Å². The van der Waals surface area contributed by atoms with Crippen molar-refractivity contribution < 1.29 is 4.39 Å². The predicted molar refractivity (Wildman–Crippen MR) is 74.6 cm³/mol. The van der Waals surface area contributed by atoms with Crippen molar-refractivity contribution in [3.05, 3.63) is 52.1 Å². The van der Waals surface area contributed by atoms with Gasteiger partial charge in [-0.05, 0) is 24.6 Å². The number of halogens is 2. The minimum absolute atomic E-state index is 0.363. The molecule has 2 N–H and O–H groups in total. The standard InChI is InChI=1S/C14H17ClFN3/c1-3-9-7-10(19(2)18-9)8-13(17)14-11(15)5-4-6-12(14)16/h4-7,13H,3,8,17H2,1-2H3. The minimum Gasteiger partial charge on any atom is -0.323 e. The molecule has 0 saturated heterocycles. The Hall–Kier alpha value is -1.39. The Labute approximate surface area is 117 Å². The largest absolute Gasteiger partial charge is 0.323 e. The number of benzene rings is 1. The van der Waals surface area contributed by atoms with Crippen molar-refractivity contribution in [2.75, 3.05) is 0 Å². The summed E-state index contributed by atoms with van der Waals surface area (Å²) in [7, 11) is 1.87. The van der Waals surface area contributed by atoms with Gasteiger partial charge in [0.2, 0.25) is 0 Å². The second-order valence-electron chi connectivity index (χ2n) is 4.55. The molecule has 2 aromatic rings. The number of nitrogens with zero attached hydrogens (tertiary/aromatic N) is 2. The van der Waals surface area contributed by atoms with E-state index in [1.54, 1.807) is 16.8 Å². The van der Waals surface area contributed by atoms with E-state index in [9.17, 15) is 4.39 Å². The van der Waals surface area contributed by atoms with Gasteiger partial charge in [0.05, 0.1) is 5.69 Å². The van der Waals surface area contributed by atoms with Crippen LogP contribution in [-0.4, -0.2) is 9.78 Å². The van der Waals surface area contributed by atoms with Crippen molar-refractivity contribution in [2.24, 2.45) is 12.8 Å². The lowest BCUT2D eigenvalue weighted by atomic mass is 10.0. The van der Waals surface area contributed by atoms with Gasteiger partial charge in [0.25, 0.3) is 0 Å². The maximum atomic E-state index is 13.8. The molecule has 0 fully saturated rings. The molecular weight excluding hydrogens is 265 g/mol. The van der Waals surface area contributed by atoms with E-state index in [0.717, 1.165) is 17.8 Å². The summed E-state index contributed by atoms with van der Waals surface area (Å²) >= 11 is 6.02. The Morgan fingerprint density at radius 2 is 2.21 bits per heavy atom. The molecule has 0 aliphatic heterocycles. The van der Waals surface area contributed by atoms with Crippen LogP contribution in [-0.2, 0) is 19.9 Å². The molecule has 102 valence electrons. The molecule has 19 heavy (non-hydrogen) atoms. The number of rotatable bonds is 4. The number of aromatic nitrogens is 2. The fourth-order valence-corrected chi connectivity index (χ4v) is 2.43. The van der Waals surface area contributed by atoms with Crippen molar-refractivity contribution in [3.63, 3.8) is 0 Å². The van der Waals surface area contributed by atoms with Gasteiger partial charge in [-0.2, -0.15) is 5.10 Å². The first kappa shape index (κ1) is 14.0. The van der Waals surface area contributed by atoms with Crippen LogP contribution in [0.2, 0.25) is 5.02 Å². The van der Waals surface area contributed by atoms with Crippen molar-refractivity contribution in [2.45, 2.75) is 25.8 Å². The third-order valence-electron chi connectivity index (χ3n) is 3.19. The van der Waals surface area contributed by atoms with E-state index in [2.05, 4.69) is 5.10 Å². The van der Waals surface area contributed by atoms with E-state index in [0.29, 0.717) is 17.0 Å². The van der Waals surface area contributed by atoms with Crippen LogP contribution in [0.25, 0.3) is 0 Å². The summed E-state index contributed by atoms with van der Waals surface area (Å²) in [5.74, 6) is -0.363. The van der Waals surface area contributed by atoms with E-state index in [-0.39, 0.29) is 5.82 Å². The molecule has 1 heterocycles. The van der Waals surface area contributed by atoms with E-state index in [1.807, 2.05) is 20.0 Å². The number of hydrogen-bond acceptors (Lipinski definition) is 2. The molecular formula is C14H17ClFN3. The molecule has 3 nitrogen and oxygen atoms in total. The Morgan fingerprint density at radius 1 is 1.47 bits per heavy atom. The first-order valence-corrected chi connectivity index (χ1v) is 6.62. The lowest BCUT2D eigenvalue weighted by Gasteiger charge is -2.14. The summed E-state index contributed by atoms with van der Waals surface area (Å²) in [4.78, 5) is 0. The lowest BCUT2D eigenvalue weighted by molar-refractivity contribution is 0.569. The van der Waals surface area contributed by atoms with Crippen LogP contribution in [0.3, 0.4) is 0 Å². The highest BCUT2D eigenvalue weighted by Crippen LogP contribution is 2.26. The van der Waals surface area contributed by atoms with Gasteiger partial charge in [0.15, 0.2) is 0 Å². The molecule has 0 amide bonds. The van der Waals surface area contributed by atoms with Gasteiger partial charge in [0, 0.05) is 35.8 Å². The minimum atomic E-state index is -0.478. The molecule has 0 aliphatic carbocycles. The first-order chi connectivity index (χ1) is 9.02. The van der Waals surface area contributed by atoms with Crippen LogP contribution in [0.4, 0.5) is 4.39 Å². The Morgan fingerprint density at radius 3 is 2.79 bits per heavy atom. The molecule has 0 aliphatic rings. The highest BCUT2D eigenvalue weighted by atomic mass is 35.5. The molecule has 1 aromatic carbocycles. The van der Waals surface area contributed by atoms with Gasteiger partial charge < -0.3 is 5.73 Å². The maximum Gasteiger partial charge on any atom is 0.129 e. The van der Waals surface area contributed by atoms with Crippen molar-refractivity contribution in [1.29, 1.82) is 0 Å². The zero-order chi connectivity index (χ0) is 14.0. The fraction of sp³-hybridized carbons (Fsp3) is 0.357. The van der Waals surface area contributed by atoms with Crippen molar-refractivity contribution >= 4 is 11.6 Å². The third-order valence-corrected chi connectivity index (χ3v) is 3.52. The SMILES string of the molecule is CCc1cc(CC(N)c2c(F)cccc2Cl)n(C)n1. The monoisotopic (exact) mass is 281 g/mol. The molecule has 0 saturated carbocycles. The fourth-order valence-electron chi connectivity index (χ4n) is 2.13. The predicted octanol–water partition coefficient (Wildman–Crippen LogP) is 3.02. The highest BCUT2D eigenvalue weighted by Gasteiger charge is 2.17. The molecule has 5 heteroatoms. The summed E-state index contributed by atoms with van der Waals surface area (Å²) in [5, 5.41) is 4.72. The van der Waals surface area contributed by atoms with E-state index in [4.69, 9.17) is 17.3 Å². The van der Waals surface area contributed by atoms with E-state index in [1.165, 1.54) is 6.07 Å². The molecule has 0 spiro atoms. The van der Waals surface area contributed by atoms with Crippen LogP contribution in [0.5, 0.6) is 0 Å². The Kier molecular flexibility index (Phi) is 4.22. The zero-order valence-electron chi connectivity index (χ0n) is 11.0. The number of aryl methyl sites for hydroxylation is 2. The average molecular weight is 282 g/mol. The van der Waals surface area contributed by atoms with Crippen molar-refractivity contribution in [1.82, 2.24) is 9.78 Å². The van der Waals surface area contributed by atoms with Gasteiger partial charge in [-0.1, -0.05) is 24.6 Å². The Balaban J connectivity index is 2.25. The van der Waals surface area contributed by atoms with Gasteiger partial charge in [-0.3, -0.25) is 4.68 Å². The molecule has 1 aromatic heterocycles. The summed E-state index contributed by atoms with van der Waals surface area (Å²) < 4.78 is 15.6. The van der Waals surface area contributed by atoms with Crippen LogP contribution in [0, 0.1) is 5.82 Å². The van der Waals surface area contributed by atoms with Gasteiger partial charge >= 0.3 is 0 Å². The van der Waals surface area contributed by atoms with E-state index < -0.39 is 6.04 Å². The van der Waals surface area contributed by atoms with Crippen molar-refractivity contribution in [3.8, 4) is 0 Å². The van der Waals surface area contributed by atoms with Crippen LogP contribution in [0.1, 0.15) is 29.9 Å². The lowest BCUT2D eigenvalue weighted by Crippen LogP contribution is -2.17. The molecule has 0 bridgehead atoms. The third kappa shape index (κ3) is 2.96. The summed E-state index contributed by atoms with van der Waals surface area (Å²) in [6, 6.07) is 6.12. The quantitative estimate of drug-likeness (QED) is 0.936. The maximum absolute atomic E-state index is 13.8. The second kappa shape index (κ2) is 5.72. The van der Waals surface area contributed by atoms with Crippen LogP contribution < -0.4 is 5.73 Å². The molecule has 0 radical (unpaired) electrons. The van der Waals surface area contributed by atoms with E-state index >= 15 is 0 Å². The number of hydrogen-bond donors (Lipinski definition) is 1. The van der Waals surface area contributed by atoms with Crippen LogP contribution in [0.15, 0.2) is 24.3 Å². The number of nitrogens with two attached hydrogens (primary N) is 1. The topological polar surface area (TPSA) is 43.8 Å². The molecule has 2 rings (SSSR count).